The monoisotopic (exact) mass is 272 g/mol. The molecule has 1 aliphatic rings. The second-order valence-corrected chi connectivity index (χ2v) is 6.52. The highest BCUT2D eigenvalue weighted by Crippen LogP contribution is 2.37. The molecular weight excluding hydrogens is 252 g/mol. The lowest BCUT2D eigenvalue weighted by molar-refractivity contribution is 0.401. The number of furan rings is 1. The van der Waals surface area contributed by atoms with Crippen molar-refractivity contribution < 1.29 is 12.8 Å². The van der Waals surface area contributed by atoms with Crippen LogP contribution < -0.4 is 10.0 Å². The topological polar surface area (TPSA) is 71.3 Å². The van der Waals surface area contributed by atoms with Crippen molar-refractivity contribution in [3.8, 4) is 0 Å². The quantitative estimate of drug-likeness (QED) is 0.785. The van der Waals surface area contributed by atoms with Crippen molar-refractivity contribution >= 4 is 10.0 Å². The van der Waals surface area contributed by atoms with Crippen LogP contribution in [0.5, 0.6) is 0 Å². The average molecular weight is 272 g/mol. The van der Waals surface area contributed by atoms with Gasteiger partial charge in [-0.2, -0.15) is 0 Å². The molecule has 0 radical (unpaired) electrons. The summed E-state index contributed by atoms with van der Waals surface area (Å²) in [4.78, 5) is 0. The molecule has 1 saturated carbocycles. The zero-order chi connectivity index (χ0) is 13.2. The van der Waals surface area contributed by atoms with E-state index >= 15 is 0 Å². The van der Waals surface area contributed by atoms with Gasteiger partial charge in [-0.3, -0.25) is 0 Å². The summed E-state index contributed by atoms with van der Waals surface area (Å²) in [5, 5.41) is 3.09. The van der Waals surface area contributed by atoms with E-state index in [1.165, 1.54) is 6.07 Å². The normalized spacial score (nSPS) is 23.2. The molecule has 0 amide bonds. The molecule has 0 saturated heterocycles. The Morgan fingerprint density at radius 3 is 2.78 bits per heavy atom. The molecule has 2 N–H and O–H groups in total. The summed E-state index contributed by atoms with van der Waals surface area (Å²) >= 11 is 0. The minimum absolute atomic E-state index is 0.00343. The van der Waals surface area contributed by atoms with Crippen molar-refractivity contribution in [3.63, 3.8) is 0 Å². The molecule has 0 spiro atoms. The third-order valence-corrected chi connectivity index (χ3v) is 4.56. The van der Waals surface area contributed by atoms with Gasteiger partial charge in [0, 0.05) is 6.54 Å². The summed E-state index contributed by atoms with van der Waals surface area (Å²) in [6.07, 6.45) is 1.10. The fourth-order valence-electron chi connectivity index (χ4n) is 1.82. The smallest absolute Gasteiger partial charge is 0.273 e. The van der Waals surface area contributed by atoms with E-state index in [0.29, 0.717) is 30.7 Å². The van der Waals surface area contributed by atoms with Crippen molar-refractivity contribution in [1.82, 2.24) is 10.0 Å². The van der Waals surface area contributed by atoms with E-state index in [4.69, 9.17) is 4.42 Å². The summed E-state index contributed by atoms with van der Waals surface area (Å²) in [5.41, 5.74) is 0. The van der Waals surface area contributed by atoms with E-state index in [2.05, 4.69) is 17.0 Å². The molecule has 1 aliphatic carbocycles. The first-order chi connectivity index (χ1) is 8.53. The molecule has 102 valence electrons. The van der Waals surface area contributed by atoms with Crippen LogP contribution in [0.25, 0.3) is 0 Å². The predicted octanol–water partition coefficient (Wildman–Crippen LogP) is 1.32. The summed E-state index contributed by atoms with van der Waals surface area (Å²) in [6, 6.07) is 3.20. The van der Waals surface area contributed by atoms with Crippen LogP contribution in [-0.4, -0.2) is 21.5 Å². The molecule has 0 aliphatic heterocycles. The molecule has 5 nitrogen and oxygen atoms in total. The average Bonchev–Trinajstić information content (AvgIpc) is 2.84. The third kappa shape index (κ3) is 3.34. The van der Waals surface area contributed by atoms with Gasteiger partial charge in [0.25, 0.3) is 10.0 Å². The van der Waals surface area contributed by atoms with Gasteiger partial charge >= 0.3 is 0 Å². The van der Waals surface area contributed by atoms with Gasteiger partial charge in [-0.1, -0.05) is 13.8 Å². The van der Waals surface area contributed by atoms with Gasteiger partial charge in [0.05, 0.1) is 6.54 Å². The molecule has 18 heavy (non-hydrogen) atoms. The van der Waals surface area contributed by atoms with Crippen molar-refractivity contribution in [2.45, 2.75) is 31.9 Å². The van der Waals surface area contributed by atoms with E-state index in [9.17, 15) is 8.42 Å². The number of hydrogen-bond acceptors (Lipinski definition) is 4. The minimum Gasteiger partial charge on any atom is -0.447 e. The highest BCUT2D eigenvalue weighted by Gasteiger charge is 2.33. The van der Waals surface area contributed by atoms with Crippen LogP contribution in [0, 0.1) is 11.8 Å². The Balaban J connectivity index is 1.93. The van der Waals surface area contributed by atoms with Gasteiger partial charge in [-0.15, -0.1) is 0 Å². The van der Waals surface area contributed by atoms with E-state index < -0.39 is 10.0 Å². The van der Waals surface area contributed by atoms with Crippen molar-refractivity contribution in [3.05, 3.63) is 17.9 Å². The van der Waals surface area contributed by atoms with Crippen LogP contribution in [0.1, 0.15) is 26.0 Å². The Labute approximate surface area is 108 Å². The predicted molar refractivity (Wildman–Crippen MR) is 68.5 cm³/mol. The SMILES string of the molecule is CCNCc1ccc(S(=O)(=O)NCC2CC2C)o1. The molecule has 1 heterocycles. The van der Waals surface area contributed by atoms with Gasteiger partial charge < -0.3 is 9.73 Å². The van der Waals surface area contributed by atoms with Crippen LogP contribution in [0.15, 0.2) is 21.6 Å². The molecule has 2 atom stereocenters. The maximum atomic E-state index is 11.9. The number of rotatable bonds is 7. The van der Waals surface area contributed by atoms with Crippen LogP contribution in [0.4, 0.5) is 0 Å². The summed E-state index contributed by atoms with van der Waals surface area (Å²) in [7, 11) is -3.49. The van der Waals surface area contributed by atoms with Gasteiger partial charge in [-0.05, 0) is 36.9 Å². The first-order valence-corrected chi connectivity index (χ1v) is 7.80. The zero-order valence-electron chi connectivity index (χ0n) is 10.8. The summed E-state index contributed by atoms with van der Waals surface area (Å²) in [5.74, 6) is 1.75. The Morgan fingerprint density at radius 1 is 1.44 bits per heavy atom. The first kappa shape index (κ1) is 13.6. The molecule has 1 fully saturated rings. The van der Waals surface area contributed by atoms with Gasteiger partial charge in [0.2, 0.25) is 5.09 Å². The molecule has 1 aromatic rings. The fraction of sp³-hybridized carbons (Fsp3) is 0.667. The van der Waals surface area contributed by atoms with Crippen molar-refractivity contribution in [1.29, 1.82) is 0 Å². The maximum Gasteiger partial charge on any atom is 0.273 e. The number of nitrogens with one attached hydrogen (secondary N) is 2. The second kappa shape index (κ2) is 5.42. The van der Waals surface area contributed by atoms with Crippen LogP contribution in [0.2, 0.25) is 0 Å². The third-order valence-electron chi connectivity index (χ3n) is 3.26. The highest BCUT2D eigenvalue weighted by molar-refractivity contribution is 7.89. The Kier molecular flexibility index (Phi) is 4.09. The van der Waals surface area contributed by atoms with Crippen LogP contribution >= 0.6 is 0 Å². The second-order valence-electron chi connectivity index (χ2n) is 4.83. The number of sulfonamides is 1. The minimum atomic E-state index is -3.49. The number of hydrogen-bond donors (Lipinski definition) is 2. The lowest BCUT2D eigenvalue weighted by atomic mass is 10.3. The summed E-state index contributed by atoms with van der Waals surface area (Å²) in [6.45, 7) is 5.98. The standard InChI is InChI=1S/C12H20N2O3S/c1-3-13-8-11-4-5-12(17-11)18(15,16)14-7-10-6-9(10)2/h4-5,9-10,13-14H,3,6-8H2,1-2H3. The lowest BCUT2D eigenvalue weighted by Crippen LogP contribution is -2.25. The van der Waals surface area contributed by atoms with Crippen molar-refractivity contribution in [2.24, 2.45) is 11.8 Å². The molecule has 2 rings (SSSR count). The Morgan fingerprint density at radius 2 is 2.17 bits per heavy atom. The molecule has 0 bridgehead atoms. The van der Waals surface area contributed by atoms with Crippen LogP contribution in [0.3, 0.4) is 0 Å². The van der Waals surface area contributed by atoms with E-state index in [-0.39, 0.29) is 5.09 Å². The van der Waals surface area contributed by atoms with E-state index in [1.54, 1.807) is 6.07 Å². The van der Waals surface area contributed by atoms with Gasteiger partial charge in [0.15, 0.2) is 0 Å². The lowest BCUT2D eigenvalue weighted by Gasteiger charge is -2.03. The molecule has 0 aromatic carbocycles. The molecular formula is C12H20N2O3S. The van der Waals surface area contributed by atoms with E-state index in [1.807, 2.05) is 6.92 Å². The Bertz CT molecular complexity index is 495. The maximum absolute atomic E-state index is 11.9. The molecule has 2 unspecified atom stereocenters. The van der Waals surface area contributed by atoms with E-state index in [0.717, 1.165) is 13.0 Å². The molecule has 6 heteroatoms. The van der Waals surface area contributed by atoms with Gasteiger partial charge in [-0.25, -0.2) is 13.1 Å². The largest absolute Gasteiger partial charge is 0.447 e. The zero-order valence-corrected chi connectivity index (χ0v) is 11.6. The first-order valence-electron chi connectivity index (χ1n) is 6.32. The Hall–Kier alpha value is -0.850. The highest BCUT2D eigenvalue weighted by atomic mass is 32.2. The fourth-order valence-corrected chi connectivity index (χ4v) is 2.86. The van der Waals surface area contributed by atoms with Crippen molar-refractivity contribution in [2.75, 3.05) is 13.1 Å². The van der Waals surface area contributed by atoms with Gasteiger partial charge in [0.1, 0.15) is 5.76 Å². The molecule has 1 aromatic heterocycles. The summed E-state index contributed by atoms with van der Waals surface area (Å²) < 4.78 is 31.8. The van der Waals surface area contributed by atoms with Crippen LogP contribution in [-0.2, 0) is 16.6 Å².